The van der Waals surface area contributed by atoms with Crippen LogP contribution in [0.2, 0.25) is 0 Å². The molecular weight excluding hydrogens is 379 g/mol. The lowest BCUT2D eigenvalue weighted by Gasteiger charge is -2.24. The summed E-state index contributed by atoms with van der Waals surface area (Å²) >= 11 is 1.17. The average Bonchev–Trinajstić information content (AvgIpc) is 3.17. The monoisotopic (exact) mass is 396 g/mol. The van der Waals surface area contributed by atoms with Gasteiger partial charge in [0, 0.05) is 12.2 Å². The van der Waals surface area contributed by atoms with Crippen LogP contribution in [-0.2, 0) is 4.79 Å². The number of hydrogen-bond donors (Lipinski definition) is 0. The fourth-order valence-corrected chi connectivity index (χ4v) is 3.46. The van der Waals surface area contributed by atoms with Gasteiger partial charge < -0.3 is 4.90 Å². The molecule has 3 aromatic rings. The number of carbonyl (C=O) groups excluding carboxylic acids is 1. The van der Waals surface area contributed by atoms with E-state index in [9.17, 15) is 9.18 Å². The number of thioether (sulfide) groups is 1. The van der Waals surface area contributed by atoms with Crippen molar-refractivity contribution in [2.45, 2.75) is 23.8 Å². The number of aromatic nitrogens is 4. The van der Waals surface area contributed by atoms with Crippen molar-refractivity contribution in [2.24, 2.45) is 0 Å². The lowest BCUT2D eigenvalue weighted by molar-refractivity contribution is -0.117. The van der Waals surface area contributed by atoms with Crippen molar-refractivity contribution in [2.75, 3.05) is 11.4 Å². The van der Waals surface area contributed by atoms with Gasteiger partial charge in [0.05, 0.1) is 23.4 Å². The van der Waals surface area contributed by atoms with Crippen LogP contribution in [0.4, 0.5) is 10.1 Å². The average molecular weight is 396 g/mol. The molecule has 1 aromatic heterocycles. The molecule has 9 heteroatoms. The standard InChI is InChI=1S/C19H17FN6OS/c1-14(18(27)25(12-6-11-21)16-8-3-2-4-9-16)28-19-22-23-24-26(19)17-10-5-7-15(20)13-17/h2-5,7-10,13-14H,6,12H2,1H3/t14-/m0/s1. The molecule has 0 aliphatic rings. The predicted octanol–water partition coefficient (Wildman–Crippen LogP) is 3.23. The van der Waals surface area contributed by atoms with E-state index in [4.69, 9.17) is 5.26 Å². The minimum atomic E-state index is -0.516. The molecule has 142 valence electrons. The molecule has 1 amide bonds. The molecule has 1 atom stereocenters. The number of nitrogens with zero attached hydrogens (tertiary/aromatic N) is 6. The number of para-hydroxylation sites is 1. The van der Waals surface area contributed by atoms with Crippen molar-refractivity contribution in [3.63, 3.8) is 0 Å². The van der Waals surface area contributed by atoms with E-state index in [1.807, 2.05) is 30.3 Å². The summed E-state index contributed by atoms with van der Waals surface area (Å²) in [7, 11) is 0. The molecule has 7 nitrogen and oxygen atoms in total. The predicted molar refractivity (Wildman–Crippen MR) is 103 cm³/mol. The SMILES string of the molecule is C[C@H](Sc1nnnn1-c1cccc(F)c1)C(=O)N(CCC#N)c1ccccc1. The van der Waals surface area contributed by atoms with Crippen LogP contribution in [0.3, 0.4) is 0 Å². The first-order valence-electron chi connectivity index (χ1n) is 8.54. The second kappa shape index (κ2) is 9.10. The highest BCUT2D eigenvalue weighted by Gasteiger charge is 2.25. The minimum absolute atomic E-state index is 0.166. The summed E-state index contributed by atoms with van der Waals surface area (Å²) in [6.07, 6.45) is 0.221. The van der Waals surface area contributed by atoms with Crippen LogP contribution in [0.25, 0.3) is 5.69 Å². The second-order valence-electron chi connectivity index (χ2n) is 5.85. The Kier molecular flexibility index (Phi) is 6.34. The fourth-order valence-electron chi connectivity index (χ4n) is 2.59. The summed E-state index contributed by atoms with van der Waals surface area (Å²) in [5.41, 5.74) is 1.19. The third-order valence-corrected chi connectivity index (χ3v) is 4.93. The smallest absolute Gasteiger partial charge is 0.240 e. The maximum atomic E-state index is 13.5. The molecule has 0 N–H and O–H groups in total. The number of halogens is 1. The first-order chi connectivity index (χ1) is 13.6. The third-order valence-electron chi connectivity index (χ3n) is 3.90. The zero-order valence-electron chi connectivity index (χ0n) is 15.1. The van der Waals surface area contributed by atoms with Gasteiger partial charge in [-0.3, -0.25) is 4.79 Å². The Bertz CT molecular complexity index is 987. The third kappa shape index (κ3) is 4.53. The van der Waals surface area contributed by atoms with Crippen molar-refractivity contribution in [1.82, 2.24) is 20.2 Å². The van der Waals surface area contributed by atoms with Gasteiger partial charge in [-0.2, -0.15) is 9.94 Å². The van der Waals surface area contributed by atoms with Gasteiger partial charge in [-0.15, -0.1) is 5.10 Å². The van der Waals surface area contributed by atoms with Crippen LogP contribution < -0.4 is 4.90 Å². The molecule has 0 bridgehead atoms. The molecule has 2 aromatic carbocycles. The Morgan fingerprint density at radius 1 is 1.29 bits per heavy atom. The van der Waals surface area contributed by atoms with E-state index in [-0.39, 0.29) is 12.3 Å². The van der Waals surface area contributed by atoms with E-state index < -0.39 is 11.1 Å². The van der Waals surface area contributed by atoms with E-state index in [0.29, 0.717) is 17.4 Å². The Balaban J connectivity index is 1.80. The van der Waals surface area contributed by atoms with Crippen LogP contribution in [0.5, 0.6) is 0 Å². The summed E-state index contributed by atoms with van der Waals surface area (Å²) in [6, 6.07) is 17.1. The highest BCUT2D eigenvalue weighted by molar-refractivity contribution is 8.00. The van der Waals surface area contributed by atoms with Gasteiger partial charge in [-0.25, -0.2) is 4.39 Å². The fraction of sp³-hybridized carbons (Fsp3) is 0.211. The van der Waals surface area contributed by atoms with Crippen LogP contribution in [0.1, 0.15) is 13.3 Å². The number of carbonyl (C=O) groups is 1. The van der Waals surface area contributed by atoms with Crippen LogP contribution in [0.15, 0.2) is 59.8 Å². The number of amides is 1. The van der Waals surface area contributed by atoms with Crippen molar-refractivity contribution in [3.05, 3.63) is 60.4 Å². The van der Waals surface area contributed by atoms with Gasteiger partial charge >= 0.3 is 0 Å². The normalized spacial score (nSPS) is 11.6. The number of nitriles is 1. The van der Waals surface area contributed by atoms with Gasteiger partial charge in [0.25, 0.3) is 0 Å². The van der Waals surface area contributed by atoms with Crippen LogP contribution in [-0.4, -0.2) is 37.9 Å². The van der Waals surface area contributed by atoms with Crippen molar-refractivity contribution in [1.29, 1.82) is 5.26 Å². The number of anilines is 1. The Hall–Kier alpha value is -3.25. The molecule has 0 saturated heterocycles. The molecule has 28 heavy (non-hydrogen) atoms. The molecule has 1 heterocycles. The first kappa shape index (κ1) is 19.5. The molecule has 3 rings (SSSR count). The van der Waals surface area contributed by atoms with Crippen molar-refractivity contribution in [3.8, 4) is 11.8 Å². The van der Waals surface area contributed by atoms with E-state index in [2.05, 4.69) is 21.6 Å². The lowest BCUT2D eigenvalue weighted by atomic mass is 10.2. The summed E-state index contributed by atoms with van der Waals surface area (Å²) < 4.78 is 14.9. The zero-order valence-corrected chi connectivity index (χ0v) is 15.9. The zero-order chi connectivity index (χ0) is 19.9. The number of hydrogen-bond acceptors (Lipinski definition) is 6. The highest BCUT2D eigenvalue weighted by atomic mass is 32.2. The largest absolute Gasteiger partial charge is 0.310 e. The van der Waals surface area contributed by atoms with Gasteiger partial charge in [0.2, 0.25) is 11.1 Å². The van der Waals surface area contributed by atoms with Crippen LogP contribution in [0, 0.1) is 17.1 Å². The topological polar surface area (TPSA) is 87.7 Å². The molecule has 0 aliphatic heterocycles. The van der Waals surface area contributed by atoms with Gasteiger partial charge in [-0.1, -0.05) is 36.0 Å². The second-order valence-corrected chi connectivity index (χ2v) is 7.15. The molecule has 0 aliphatic carbocycles. The highest BCUT2D eigenvalue weighted by Crippen LogP contribution is 2.26. The molecule has 0 saturated carbocycles. The molecule has 0 spiro atoms. The molecule has 0 radical (unpaired) electrons. The van der Waals surface area contributed by atoms with Crippen molar-refractivity contribution >= 4 is 23.4 Å². The number of tetrazole rings is 1. The Morgan fingerprint density at radius 3 is 2.79 bits per heavy atom. The number of rotatable bonds is 7. The number of benzene rings is 2. The summed E-state index contributed by atoms with van der Waals surface area (Å²) in [5, 5.41) is 20.3. The minimum Gasteiger partial charge on any atom is -0.310 e. The van der Waals surface area contributed by atoms with E-state index in [1.165, 1.54) is 28.6 Å². The van der Waals surface area contributed by atoms with Gasteiger partial charge in [0.1, 0.15) is 5.82 Å². The quantitative estimate of drug-likeness (QED) is 0.570. The molecule has 0 fully saturated rings. The van der Waals surface area contributed by atoms with Gasteiger partial charge in [0.15, 0.2) is 0 Å². The molecule has 0 unspecified atom stereocenters. The maximum absolute atomic E-state index is 13.5. The van der Waals surface area contributed by atoms with E-state index in [0.717, 1.165) is 5.69 Å². The summed E-state index contributed by atoms with van der Waals surface area (Å²) in [5.74, 6) is -0.569. The van der Waals surface area contributed by atoms with Crippen molar-refractivity contribution < 1.29 is 9.18 Å². The van der Waals surface area contributed by atoms with Gasteiger partial charge in [-0.05, 0) is 47.7 Å². The summed E-state index contributed by atoms with van der Waals surface area (Å²) in [6.45, 7) is 2.04. The lowest BCUT2D eigenvalue weighted by Crippen LogP contribution is -2.37. The molecular formula is C19H17FN6OS. The first-order valence-corrected chi connectivity index (χ1v) is 9.42. The Morgan fingerprint density at radius 2 is 2.07 bits per heavy atom. The van der Waals surface area contributed by atoms with Crippen LogP contribution >= 0.6 is 11.8 Å². The maximum Gasteiger partial charge on any atom is 0.240 e. The van der Waals surface area contributed by atoms with E-state index in [1.54, 1.807) is 24.0 Å². The van der Waals surface area contributed by atoms with E-state index >= 15 is 0 Å². The summed E-state index contributed by atoms with van der Waals surface area (Å²) in [4.78, 5) is 14.6. The Labute approximate surface area is 165 Å².